The summed E-state index contributed by atoms with van der Waals surface area (Å²) in [4.78, 5) is 14.3. The Morgan fingerprint density at radius 3 is 2.44 bits per heavy atom. The van der Waals surface area contributed by atoms with Crippen LogP contribution in [0.2, 0.25) is 0 Å². The SMILES string of the molecule is Cc1ccc(S(=O)(=O)N2CCN(C(=O)/C=C/c3cnn(C)c3)CC2)c(C)c1. The van der Waals surface area contributed by atoms with E-state index in [9.17, 15) is 13.2 Å². The maximum Gasteiger partial charge on any atom is 0.246 e. The number of rotatable bonds is 4. The minimum Gasteiger partial charge on any atom is -0.337 e. The average molecular weight is 388 g/mol. The highest BCUT2D eigenvalue weighted by molar-refractivity contribution is 7.89. The molecule has 0 unspecified atom stereocenters. The topological polar surface area (TPSA) is 75.5 Å². The standard InChI is InChI=1S/C19H24N4O3S/c1-15-4-6-18(16(2)12-15)27(25,26)23-10-8-22(9-11-23)19(24)7-5-17-13-20-21(3)14-17/h4-7,12-14H,8-11H2,1-3H3/b7-5+. The van der Waals surface area contributed by atoms with Crippen LogP contribution < -0.4 is 0 Å². The highest BCUT2D eigenvalue weighted by Crippen LogP contribution is 2.22. The van der Waals surface area contributed by atoms with E-state index in [4.69, 9.17) is 0 Å². The molecular weight excluding hydrogens is 364 g/mol. The van der Waals surface area contributed by atoms with E-state index >= 15 is 0 Å². The van der Waals surface area contributed by atoms with E-state index in [1.54, 1.807) is 27.9 Å². The molecule has 0 saturated carbocycles. The number of benzene rings is 1. The van der Waals surface area contributed by atoms with Crippen LogP contribution in [0.1, 0.15) is 16.7 Å². The Hall–Kier alpha value is -2.45. The van der Waals surface area contributed by atoms with Gasteiger partial charge in [0.2, 0.25) is 15.9 Å². The van der Waals surface area contributed by atoms with Crippen LogP contribution >= 0.6 is 0 Å². The molecule has 8 heteroatoms. The monoisotopic (exact) mass is 388 g/mol. The maximum atomic E-state index is 12.9. The highest BCUT2D eigenvalue weighted by atomic mass is 32.2. The van der Waals surface area contributed by atoms with Crippen LogP contribution in [0.4, 0.5) is 0 Å². The van der Waals surface area contributed by atoms with Crippen molar-refractivity contribution in [2.24, 2.45) is 7.05 Å². The van der Waals surface area contributed by atoms with Gasteiger partial charge in [-0.05, 0) is 31.6 Å². The van der Waals surface area contributed by atoms with E-state index in [1.165, 1.54) is 10.4 Å². The lowest BCUT2D eigenvalue weighted by molar-refractivity contribution is -0.127. The number of nitrogens with zero attached hydrogens (tertiary/aromatic N) is 4. The van der Waals surface area contributed by atoms with Gasteiger partial charge in [0.15, 0.2) is 0 Å². The minimum atomic E-state index is -3.54. The lowest BCUT2D eigenvalue weighted by Crippen LogP contribution is -2.50. The number of aryl methyl sites for hydroxylation is 3. The quantitative estimate of drug-likeness (QED) is 0.746. The van der Waals surface area contributed by atoms with Gasteiger partial charge in [0.1, 0.15) is 0 Å². The van der Waals surface area contributed by atoms with Gasteiger partial charge < -0.3 is 4.90 Å². The van der Waals surface area contributed by atoms with Gasteiger partial charge >= 0.3 is 0 Å². The van der Waals surface area contributed by atoms with Crippen molar-refractivity contribution >= 4 is 22.0 Å². The van der Waals surface area contributed by atoms with Gasteiger partial charge in [-0.2, -0.15) is 9.40 Å². The number of carbonyl (C=O) groups is 1. The van der Waals surface area contributed by atoms with Crippen molar-refractivity contribution in [1.82, 2.24) is 19.0 Å². The molecule has 144 valence electrons. The van der Waals surface area contributed by atoms with Gasteiger partial charge in [0, 0.05) is 51.1 Å². The molecule has 2 heterocycles. The number of hydrogen-bond donors (Lipinski definition) is 0. The van der Waals surface area contributed by atoms with Gasteiger partial charge in [0.25, 0.3) is 0 Å². The summed E-state index contributed by atoms with van der Waals surface area (Å²) in [5.41, 5.74) is 2.62. The summed E-state index contributed by atoms with van der Waals surface area (Å²) in [6.07, 6.45) is 6.72. The first-order chi connectivity index (χ1) is 12.8. The molecule has 1 saturated heterocycles. The van der Waals surface area contributed by atoms with Crippen LogP contribution in [0.25, 0.3) is 6.08 Å². The van der Waals surface area contributed by atoms with Crippen LogP contribution in [0, 0.1) is 13.8 Å². The van der Waals surface area contributed by atoms with E-state index < -0.39 is 10.0 Å². The van der Waals surface area contributed by atoms with Gasteiger partial charge in [-0.1, -0.05) is 17.7 Å². The number of carbonyl (C=O) groups excluding carboxylic acids is 1. The molecule has 1 aliphatic rings. The fourth-order valence-electron chi connectivity index (χ4n) is 3.18. The zero-order valence-corrected chi connectivity index (χ0v) is 16.6. The van der Waals surface area contributed by atoms with Gasteiger partial charge in [-0.15, -0.1) is 0 Å². The van der Waals surface area contributed by atoms with Gasteiger partial charge in [-0.3, -0.25) is 9.48 Å². The van der Waals surface area contributed by atoms with Gasteiger partial charge in [-0.25, -0.2) is 8.42 Å². The van der Waals surface area contributed by atoms with Crippen molar-refractivity contribution in [3.8, 4) is 0 Å². The molecule has 0 radical (unpaired) electrons. The van der Waals surface area contributed by atoms with Crippen molar-refractivity contribution in [2.45, 2.75) is 18.7 Å². The second-order valence-corrected chi connectivity index (χ2v) is 8.69. The predicted octanol–water partition coefficient (Wildman–Crippen LogP) is 1.58. The number of aromatic nitrogens is 2. The third kappa shape index (κ3) is 4.28. The second kappa shape index (κ2) is 7.66. The number of amides is 1. The van der Waals surface area contributed by atoms with Crippen molar-refractivity contribution in [2.75, 3.05) is 26.2 Å². The molecule has 1 amide bonds. The second-order valence-electron chi connectivity index (χ2n) is 6.78. The first kappa shape index (κ1) is 19.3. The molecule has 7 nitrogen and oxygen atoms in total. The molecule has 0 aliphatic carbocycles. The number of sulfonamides is 1. The zero-order chi connectivity index (χ0) is 19.6. The van der Waals surface area contributed by atoms with Crippen LogP contribution in [-0.2, 0) is 21.9 Å². The third-order valence-electron chi connectivity index (χ3n) is 4.64. The number of piperazine rings is 1. The van der Waals surface area contributed by atoms with E-state index in [-0.39, 0.29) is 5.91 Å². The van der Waals surface area contributed by atoms with Gasteiger partial charge in [0.05, 0.1) is 11.1 Å². The Morgan fingerprint density at radius 2 is 1.85 bits per heavy atom. The van der Waals surface area contributed by atoms with Crippen LogP contribution in [0.15, 0.2) is 41.6 Å². The summed E-state index contributed by atoms with van der Waals surface area (Å²) in [5.74, 6) is -0.123. The summed E-state index contributed by atoms with van der Waals surface area (Å²) in [7, 11) is -1.73. The Bertz CT molecular complexity index is 971. The Morgan fingerprint density at radius 1 is 1.15 bits per heavy atom. The lowest BCUT2D eigenvalue weighted by atomic mass is 10.2. The normalized spacial score (nSPS) is 16.2. The van der Waals surface area contributed by atoms with E-state index in [0.29, 0.717) is 31.1 Å². The third-order valence-corrected chi connectivity index (χ3v) is 6.70. The molecule has 0 atom stereocenters. The van der Waals surface area contributed by atoms with E-state index in [2.05, 4.69) is 5.10 Å². The number of hydrogen-bond acceptors (Lipinski definition) is 4. The van der Waals surface area contributed by atoms with Crippen LogP contribution in [0.5, 0.6) is 0 Å². The molecular formula is C19H24N4O3S. The zero-order valence-electron chi connectivity index (χ0n) is 15.8. The van der Waals surface area contributed by atoms with E-state index in [1.807, 2.05) is 39.2 Å². The fraction of sp³-hybridized carbons (Fsp3) is 0.368. The molecule has 1 fully saturated rings. The first-order valence-electron chi connectivity index (χ1n) is 8.80. The lowest BCUT2D eigenvalue weighted by Gasteiger charge is -2.33. The van der Waals surface area contributed by atoms with Crippen molar-refractivity contribution in [3.05, 3.63) is 53.4 Å². The van der Waals surface area contributed by atoms with Crippen molar-refractivity contribution < 1.29 is 13.2 Å². The van der Waals surface area contributed by atoms with Crippen LogP contribution in [-0.4, -0.2) is 59.5 Å². The largest absolute Gasteiger partial charge is 0.337 e. The first-order valence-corrected chi connectivity index (χ1v) is 10.2. The molecule has 3 rings (SSSR count). The molecule has 1 aromatic carbocycles. The van der Waals surface area contributed by atoms with Crippen molar-refractivity contribution in [3.63, 3.8) is 0 Å². The average Bonchev–Trinajstić information content (AvgIpc) is 3.05. The fourth-order valence-corrected chi connectivity index (χ4v) is 4.80. The molecule has 27 heavy (non-hydrogen) atoms. The molecule has 1 aromatic heterocycles. The summed E-state index contributed by atoms with van der Waals surface area (Å²) in [5, 5.41) is 4.05. The molecule has 0 bridgehead atoms. The highest BCUT2D eigenvalue weighted by Gasteiger charge is 2.30. The summed E-state index contributed by atoms with van der Waals surface area (Å²) >= 11 is 0. The molecule has 1 aliphatic heterocycles. The van der Waals surface area contributed by atoms with Crippen molar-refractivity contribution in [1.29, 1.82) is 0 Å². The van der Waals surface area contributed by atoms with Crippen LogP contribution in [0.3, 0.4) is 0 Å². The summed E-state index contributed by atoms with van der Waals surface area (Å²) < 4.78 is 28.9. The Labute approximate surface area is 159 Å². The molecule has 0 spiro atoms. The smallest absolute Gasteiger partial charge is 0.246 e. The Kier molecular flexibility index (Phi) is 5.48. The maximum absolute atomic E-state index is 12.9. The summed E-state index contributed by atoms with van der Waals surface area (Å²) in [6.45, 7) is 5.08. The summed E-state index contributed by atoms with van der Waals surface area (Å²) in [6, 6.07) is 5.34. The molecule has 0 N–H and O–H groups in total. The van der Waals surface area contributed by atoms with E-state index in [0.717, 1.165) is 16.7 Å². The predicted molar refractivity (Wildman–Crippen MR) is 103 cm³/mol. The minimum absolute atomic E-state index is 0.123. The Balaban J connectivity index is 1.64. The molecule has 2 aromatic rings.